The van der Waals surface area contributed by atoms with E-state index in [4.69, 9.17) is 0 Å². The maximum atomic E-state index is 12.5. The Morgan fingerprint density at radius 3 is 1.38 bits per heavy atom. The van der Waals surface area contributed by atoms with Crippen LogP contribution in [0.1, 0.15) is 105 Å². The van der Waals surface area contributed by atoms with Gasteiger partial charge in [-0.3, -0.25) is 0 Å². The first-order valence-corrected chi connectivity index (χ1v) is 10.8. The Morgan fingerprint density at radius 2 is 1.05 bits per heavy atom. The van der Waals surface area contributed by atoms with Crippen molar-refractivity contribution in [1.29, 1.82) is 0 Å². The molecule has 0 amide bonds. The van der Waals surface area contributed by atoms with Crippen molar-refractivity contribution in [3.8, 4) is 0 Å². The predicted molar refractivity (Wildman–Crippen MR) is 94.6 cm³/mol. The van der Waals surface area contributed by atoms with E-state index in [1.54, 1.807) is 0 Å². The minimum Gasteiger partial charge on any atom is -0.228 e. The molecule has 2 nitrogen and oxygen atoms in total. The largest absolute Gasteiger partial charge is 0.228 e. The van der Waals surface area contributed by atoms with E-state index in [2.05, 4.69) is 13.8 Å². The molecule has 0 radical (unpaired) electrons. The van der Waals surface area contributed by atoms with Gasteiger partial charge in [0, 0.05) is 0 Å². The van der Waals surface area contributed by atoms with E-state index in [0.29, 0.717) is 0 Å². The van der Waals surface area contributed by atoms with Gasteiger partial charge in [0.2, 0.25) is 0 Å². The van der Waals surface area contributed by atoms with Crippen molar-refractivity contribution in [2.45, 2.75) is 115 Å². The van der Waals surface area contributed by atoms with Gasteiger partial charge in [-0.05, 0) is 26.7 Å². The minimum atomic E-state index is -2.92. The molecule has 0 aliphatic rings. The lowest BCUT2D eigenvalue weighted by molar-refractivity contribution is 0.511. The van der Waals surface area contributed by atoms with Crippen LogP contribution in [0.2, 0.25) is 0 Å². The summed E-state index contributed by atoms with van der Waals surface area (Å²) in [6, 6.07) is 0. The Balaban J connectivity index is 4.23. The molecule has 0 bridgehead atoms. The van der Waals surface area contributed by atoms with Crippen molar-refractivity contribution in [2.75, 3.05) is 0 Å². The molecule has 0 spiro atoms. The highest BCUT2D eigenvalue weighted by Crippen LogP contribution is 2.22. The molecule has 0 saturated heterocycles. The number of rotatable bonds is 14. The van der Waals surface area contributed by atoms with Crippen LogP contribution in [0.25, 0.3) is 0 Å². The Bertz CT molecular complexity index is 306. The average molecular weight is 319 g/mol. The summed E-state index contributed by atoms with van der Waals surface area (Å²) in [5, 5.41) is -0.325. The molecule has 0 rings (SSSR count). The van der Waals surface area contributed by atoms with Gasteiger partial charge >= 0.3 is 0 Å². The number of hydrogen-bond acceptors (Lipinski definition) is 2. The van der Waals surface area contributed by atoms with E-state index in [-0.39, 0.29) is 10.5 Å². The molecule has 21 heavy (non-hydrogen) atoms. The molecular weight excluding hydrogens is 280 g/mol. The third-order valence-corrected chi connectivity index (χ3v) is 7.10. The molecule has 0 aliphatic carbocycles. The van der Waals surface area contributed by atoms with E-state index >= 15 is 0 Å². The van der Waals surface area contributed by atoms with E-state index in [1.165, 1.54) is 51.4 Å². The lowest BCUT2D eigenvalue weighted by Crippen LogP contribution is -2.28. The quantitative estimate of drug-likeness (QED) is 0.374. The SMILES string of the molecule is CCCCCCCC(CCCCCCC)S(=O)(=O)C(C)C. The van der Waals surface area contributed by atoms with Gasteiger partial charge in [-0.2, -0.15) is 0 Å². The highest BCUT2D eigenvalue weighted by Gasteiger charge is 2.27. The highest BCUT2D eigenvalue weighted by molar-refractivity contribution is 7.92. The van der Waals surface area contributed by atoms with Crippen LogP contribution in [0.4, 0.5) is 0 Å². The third kappa shape index (κ3) is 9.55. The van der Waals surface area contributed by atoms with Gasteiger partial charge in [0.1, 0.15) is 0 Å². The number of sulfone groups is 1. The van der Waals surface area contributed by atoms with Crippen LogP contribution in [0.3, 0.4) is 0 Å². The summed E-state index contributed by atoms with van der Waals surface area (Å²) in [4.78, 5) is 0. The second kappa shape index (κ2) is 12.5. The zero-order valence-corrected chi connectivity index (χ0v) is 15.7. The Morgan fingerprint density at radius 1 is 0.667 bits per heavy atom. The van der Waals surface area contributed by atoms with Crippen molar-refractivity contribution in [2.24, 2.45) is 0 Å². The Kier molecular flexibility index (Phi) is 12.5. The molecule has 0 unspecified atom stereocenters. The van der Waals surface area contributed by atoms with E-state index in [9.17, 15) is 8.42 Å². The lowest BCUT2D eigenvalue weighted by atomic mass is 10.0. The normalized spacial score (nSPS) is 12.5. The van der Waals surface area contributed by atoms with Crippen LogP contribution in [0, 0.1) is 0 Å². The van der Waals surface area contributed by atoms with E-state index in [1.807, 2.05) is 13.8 Å². The molecule has 0 heterocycles. The first-order valence-electron chi connectivity index (χ1n) is 9.19. The lowest BCUT2D eigenvalue weighted by Gasteiger charge is -2.20. The van der Waals surface area contributed by atoms with Gasteiger partial charge in [0.05, 0.1) is 10.5 Å². The Hall–Kier alpha value is -0.0500. The van der Waals surface area contributed by atoms with Crippen LogP contribution < -0.4 is 0 Å². The third-order valence-electron chi connectivity index (χ3n) is 4.38. The van der Waals surface area contributed by atoms with E-state index in [0.717, 1.165) is 25.7 Å². The molecule has 0 aromatic rings. The van der Waals surface area contributed by atoms with Gasteiger partial charge < -0.3 is 0 Å². The van der Waals surface area contributed by atoms with E-state index < -0.39 is 9.84 Å². The maximum absolute atomic E-state index is 12.5. The summed E-state index contributed by atoms with van der Waals surface area (Å²) in [5.41, 5.74) is 0. The molecule has 128 valence electrons. The molecule has 0 fully saturated rings. The van der Waals surface area contributed by atoms with Crippen LogP contribution >= 0.6 is 0 Å². The van der Waals surface area contributed by atoms with Crippen molar-refractivity contribution >= 4 is 9.84 Å². The smallest absolute Gasteiger partial charge is 0.155 e. The fraction of sp³-hybridized carbons (Fsp3) is 1.00. The molecule has 0 aromatic heterocycles. The van der Waals surface area contributed by atoms with Gasteiger partial charge in [0.15, 0.2) is 9.84 Å². The van der Waals surface area contributed by atoms with Crippen LogP contribution in [-0.4, -0.2) is 18.9 Å². The zero-order chi connectivity index (χ0) is 16.1. The Labute approximate surface area is 134 Å². The summed E-state index contributed by atoms with van der Waals surface area (Å²) in [6.45, 7) is 8.08. The topological polar surface area (TPSA) is 34.1 Å². The second-order valence-electron chi connectivity index (χ2n) is 6.67. The van der Waals surface area contributed by atoms with Gasteiger partial charge in [-0.1, -0.05) is 78.1 Å². The standard InChI is InChI=1S/C18H38O2S/c1-5-7-9-11-13-15-18(21(19,20)17(3)4)16-14-12-10-8-6-2/h17-18H,5-16H2,1-4H3. The number of hydrogen-bond donors (Lipinski definition) is 0. The molecule has 0 aliphatic heterocycles. The summed E-state index contributed by atoms with van der Waals surface area (Å²) < 4.78 is 24.9. The molecule has 0 N–H and O–H groups in total. The van der Waals surface area contributed by atoms with Crippen molar-refractivity contribution in [3.05, 3.63) is 0 Å². The van der Waals surface area contributed by atoms with Gasteiger partial charge in [0.25, 0.3) is 0 Å². The van der Waals surface area contributed by atoms with Gasteiger partial charge in [-0.25, -0.2) is 8.42 Å². The fourth-order valence-electron chi connectivity index (χ4n) is 2.81. The average Bonchev–Trinajstić information content (AvgIpc) is 2.44. The van der Waals surface area contributed by atoms with Crippen molar-refractivity contribution < 1.29 is 8.42 Å². The summed E-state index contributed by atoms with van der Waals surface area (Å²) >= 11 is 0. The summed E-state index contributed by atoms with van der Waals surface area (Å²) in [6.07, 6.45) is 13.8. The minimum absolute atomic E-state index is 0.0965. The van der Waals surface area contributed by atoms with Gasteiger partial charge in [-0.15, -0.1) is 0 Å². The van der Waals surface area contributed by atoms with Crippen molar-refractivity contribution in [1.82, 2.24) is 0 Å². The molecule has 0 atom stereocenters. The monoisotopic (exact) mass is 318 g/mol. The number of unbranched alkanes of at least 4 members (excludes halogenated alkanes) is 8. The summed E-state index contributed by atoms with van der Waals surface area (Å²) in [5.74, 6) is 0. The maximum Gasteiger partial charge on any atom is 0.155 e. The summed E-state index contributed by atoms with van der Waals surface area (Å²) in [7, 11) is -2.92. The molecule has 0 saturated carbocycles. The molecule has 3 heteroatoms. The van der Waals surface area contributed by atoms with Crippen molar-refractivity contribution in [3.63, 3.8) is 0 Å². The van der Waals surface area contributed by atoms with Crippen LogP contribution in [-0.2, 0) is 9.84 Å². The highest BCUT2D eigenvalue weighted by atomic mass is 32.2. The second-order valence-corrected chi connectivity index (χ2v) is 9.45. The fourth-order valence-corrected chi connectivity index (χ4v) is 4.57. The molecule has 0 aromatic carbocycles. The molecular formula is C18H38O2S. The van der Waals surface area contributed by atoms with Crippen LogP contribution in [0.15, 0.2) is 0 Å². The zero-order valence-electron chi connectivity index (χ0n) is 14.9. The first kappa shape index (κ1) is 20.9. The van der Waals surface area contributed by atoms with Crippen LogP contribution in [0.5, 0.6) is 0 Å². The first-order chi connectivity index (χ1) is 9.96. The predicted octanol–water partition coefficient (Wildman–Crippen LogP) is 5.90.